The molecule has 0 bridgehead atoms. The minimum absolute atomic E-state index is 0.0665. The van der Waals surface area contributed by atoms with Gasteiger partial charge in [0.2, 0.25) is 5.91 Å². The molecule has 6 aromatic rings. The summed E-state index contributed by atoms with van der Waals surface area (Å²) in [6, 6.07) is 49.5. The molecule has 1 unspecified atom stereocenters. The molecule has 6 aromatic carbocycles. The molecule has 0 aromatic heterocycles. The van der Waals surface area contributed by atoms with Crippen molar-refractivity contribution >= 4 is 29.6 Å². The first-order valence-electron chi connectivity index (χ1n) is 22.4. The smallest absolute Gasteiger partial charge is 0.407 e. The van der Waals surface area contributed by atoms with E-state index in [-0.39, 0.29) is 30.8 Å². The van der Waals surface area contributed by atoms with Crippen LogP contribution in [0.1, 0.15) is 95.4 Å². The van der Waals surface area contributed by atoms with E-state index in [9.17, 15) is 14.4 Å². The minimum Gasteiger partial charge on any atom is -0.449 e. The summed E-state index contributed by atoms with van der Waals surface area (Å²) >= 11 is 6.86. The average molecular weight is 860 g/mol. The Bertz CT molecular complexity index is 2450. The van der Waals surface area contributed by atoms with E-state index in [0.717, 1.165) is 71.9 Å². The molecule has 1 N–H and O–H groups in total. The van der Waals surface area contributed by atoms with Gasteiger partial charge < -0.3 is 19.7 Å². The second-order valence-corrected chi connectivity index (χ2v) is 17.3. The van der Waals surface area contributed by atoms with Crippen LogP contribution in [0.15, 0.2) is 152 Å². The van der Waals surface area contributed by atoms with E-state index in [2.05, 4.69) is 41.7 Å². The number of amides is 2. The van der Waals surface area contributed by atoms with Crippen LogP contribution in [0.3, 0.4) is 0 Å². The van der Waals surface area contributed by atoms with Crippen molar-refractivity contribution in [2.75, 3.05) is 19.7 Å². The van der Waals surface area contributed by atoms with Crippen molar-refractivity contribution in [2.45, 2.75) is 82.3 Å². The monoisotopic (exact) mass is 858 g/mol. The molecular weight excluding hydrogens is 804 g/mol. The van der Waals surface area contributed by atoms with Crippen molar-refractivity contribution in [1.29, 1.82) is 0 Å². The first-order chi connectivity index (χ1) is 30.8. The largest absolute Gasteiger partial charge is 0.449 e. The summed E-state index contributed by atoms with van der Waals surface area (Å²) in [5, 5.41) is 3.48. The highest BCUT2D eigenvalue weighted by molar-refractivity contribution is 6.31. The van der Waals surface area contributed by atoms with Gasteiger partial charge in [-0.25, -0.2) is 4.79 Å². The number of ether oxygens (including phenoxy) is 2. The summed E-state index contributed by atoms with van der Waals surface area (Å²) in [5.41, 5.74) is 9.02. The first-order valence-corrected chi connectivity index (χ1v) is 22.8. The van der Waals surface area contributed by atoms with Gasteiger partial charge in [0.05, 0.1) is 0 Å². The predicted octanol–water partition coefficient (Wildman–Crippen LogP) is 11.7. The lowest BCUT2D eigenvalue weighted by molar-refractivity contribution is -0.153. The fourth-order valence-corrected chi connectivity index (χ4v) is 9.52. The molecule has 2 aliphatic rings. The SMILES string of the molecule is Cc1ccc(C(OC(=O)CCCCCc2ccc(C[C@H](NC(=O)OCC3c4ccccc4-c4ccccc43)C(=O)N3CCCCC3)cc2)(c2ccccc2)c2ccccc2Cl)cc1. The van der Waals surface area contributed by atoms with E-state index in [1.54, 1.807) is 0 Å². The Balaban J connectivity index is 0.867. The number of piperidine rings is 1. The van der Waals surface area contributed by atoms with Crippen LogP contribution in [0.25, 0.3) is 11.1 Å². The number of likely N-dealkylation sites (tertiary alicyclic amines) is 1. The summed E-state index contributed by atoms with van der Waals surface area (Å²) in [7, 11) is 0. The zero-order valence-electron chi connectivity index (χ0n) is 35.9. The first kappa shape index (κ1) is 43.5. The van der Waals surface area contributed by atoms with Gasteiger partial charge in [-0.05, 0) is 84.9 Å². The zero-order valence-corrected chi connectivity index (χ0v) is 36.7. The summed E-state index contributed by atoms with van der Waals surface area (Å²) in [6.45, 7) is 3.61. The Morgan fingerprint density at radius 3 is 1.97 bits per heavy atom. The summed E-state index contributed by atoms with van der Waals surface area (Å²) in [4.78, 5) is 43.0. The van der Waals surface area contributed by atoms with Gasteiger partial charge in [-0.2, -0.15) is 0 Å². The number of carbonyl (C=O) groups excluding carboxylic acids is 3. The molecule has 322 valence electrons. The number of nitrogens with zero attached hydrogens (tertiary/aromatic N) is 1. The van der Waals surface area contributed by atoms with Crippen LogP contribution < -0.4 is 5.32 Å². The maximum atomic E-state index is 13.9. The molecule has 8 heteroatoms. The van der Waals surface area contributed by atoms with Gasteiger partial charge in [-0.1, -0.05) is 169 Å². The molecule has 63 heavy (non-hydrogen) atoms. The van der Waals surface area contributed by atoms with Gasteiger partial charge in [-0.15, -0.1) is 0 Å². The normalized spacial score (nSPS) is 14.8. The Morgan fingerprint density at radius 2 is 1.29 bits per heavy atom. The van der Waals surface area contributed by atoms with Crippen LogP contribution in [0.2, 0.25) is 5.02 Å². The summed E-state index contributed by atoms with van der Waals surface area (Å²) in [6.07, 6.45) is 6.36. The van der Waals surface area contributed by atoms with Crippen molar-refractivity contribution in [1.82, 2.24) is 10.2 Å². The number of halogens is 1. The van der Waals surface area contributed by atoms with Crippen molar-refractivity contribution < 1.29 is 23.9 Å². The molecule has 1 aliphatic carbocycles. The highest BCUT2D eigenvalue weighted by atomic mass is 35.5. The van der Waals surface area contributed by atoms with Gasteiger partial charge in [0.15, 0.2) is 5.60 Å². The zero-order chi connectivity index (χ0) is 43.6. The number of alkyl carbamates (subject to hydrolysis) is 1. The van der Waals surface area contributed by atoms with Gasteiger partial charge in [0.25, 0.3) is 0 Å². The van der Waals surface area contributed by atoms with Gasteiger partial charge in [0.1, 0.15) is 12.6 Å². The van der Waals surface area contributed by atoms with Crippen LogP contribution in [0.4, 0.5) is 4.79 Å². The van der Waals surface area contributed by atoms with Crippen LogP contribution in [-0.2, 0) is 37.5 Å². The third kappa shape index (κ3) is 10.1. The van der Waals surface area contributed by atoms with Crippen molar-refractivity contribution in [3.05, 3.63) is 201 Å². The number of fused-ring (bicyclic) bond motifs is 3. The van der Waals surface area contributed by atoms with Crippen LogP contribution in [-0.4, -0.2) is 48.6 Å². The average Bonchev–Trinajstić information content (AvgIpc) is 3.64. The molecule has 7 nitrogen and oxygen atoms in total. The number of hydrogen-bond acceptors (Lipinski definition) is 5. The third-order valence-electron chi connectivity index (χ3n) is 12.6. The van der Waals surface area contributed by atoms with Crippen molar-refractivity contribution in [3.63, 3.8) is 0 Å². The fourth-order valence-electron chi connectivity index (χ4n) is 9.25. The van der Waals surface area contributed by atoms with E-state index in [1.807, 2.05) is 127 Å². The van der Waals surface area contributed by atoms with E-state index in [4.69, 9.17) is 21.1 Å². The Labute approximate surface area is 376 Å². The molecule has 1 aliphatic heterocycles. The van der Waals surface area contributed by atoms with Gasteiger partial charge >= 0.3 is 12.1 Å². The number of esters is 1. The second kappa shape index (κ2) is 20.3. The lowest BCUT2D eigenvalue weighted by Gasteiger charge is -2.36. The van der Waals surface area contributed by atoms with Crippen molar-refractivity contribution in [2.24, 2.45) is 0 Å². The highest BCUT2D eigenvalue weighted by Crippen LogP contribution is 2.45. The van der Waals surface area contributed by atoms with E-state index in [0.29, 0.717) is 36.5 Å². The lowest BCUT2D eigenvalue weighted by atomic mass is 9.79. The number of unbranched alkanes of at least 4 members (excludes halogenated alkanes) is 2. The summed E-state index contributed by atoms with van der Waals surface area (Å²) < 4.78 is 12.5. The molecular formula is C55H55ClN2O5. The number of benzene rings is 6. The topological polar surface area (TPSA) is 84.9 Å². The molecule has 2 amide bonds. The van der Waals surface area contributed by atoms with Gasteiger partial charge in [0, 0.05) is 53.6 Å². The van der Waals surface area contributed by atoms with E-state index in [1.165, 1.54) is 16.7 Å². The Kier molecular flexibility index (Phi) is 14.0. The number of hydrogen-bond donors (Lipinski definition) is 1. The molecule has 8 rings (SSSR count). The molecule has 1 heterocycles. The third-order valence-corrected chi connectivity index (χ3v) is 12.9. The van der Waals surface area contributed by atoms with E-state index < -0.39 is 17.7 Å². The molecule has 1 saturated heterocycles. The lowest BCUT2D eigenvalue weighted by Crippen LogP contribution is -2.51. The fraction of sp³-hybridized carbons (Fsp3) is 0.291. The molecule has 0 spiro atoms. The van der Waals surface area contributed by atoms with Crippen molar-refractivity contribution in [3.8, 4) is 11.1 Å². The second-order valence-electron chi connectivity index (χ2n) is 16.9. The predicted molar refractivity (Wildman–Crippen MR) is 250 cm³/mol. The number of rotatable bonds is 16. The quantitative estimate of drug-likeness (QED) is 0.0595. The molecule has 0 radical (unpaired) electrons. The van der Waals surface area contributed by atoms with Gasteiger partial charge in [-0.3, -0.25) is 9.59 Å². The number of carbonyl (C=O) groups is 3. The Morgan fingerprint density at radius 1 is 0.683 bits per heavy atom. The van der Waals surface area contributed by atoms with Crippen LogP contribution in [0, 0.1) is 6.92 Å². The Hall–Kier alpha value is -6.18. The maximum Gasteiger partial charge on any atom is 0.407 e. The van der Waals surface area contributed by atoms with Crippen LogP contribution >= 0.6 is 11.6 Å². The molecule has 2 atom stereocenters. The highest BCUT2D eigenvalue weighted by Gasteiger charge is 2.42. The molecule has 1 fully saturated rings. The maximum absolute atomic E-state index is 13.9. The molecule has 0 saturated carbocycles. The number of nitrogens with one attached hydrogen (secondary N) is 1. The number of aryl methyl sites for hydroxylation is 2. The standard InChI is InChI=1S/C55H55ClN2O5/c1-39-27-33-43(34-28-39)55(42-18-6-3-7-19-42,49-24-13-14-25-50(49)56)63-52(59)26-8-2-5-17-40-29-31-41(32-30-40)37-51(53(60)58-35-15-4-16-36-58)57-54(61)62-38-48-46-22-11-9-20-44(46)45-21-10-12-23-47(45)48/h3,6-7,9-14,18-25,27-34,48,51H,2,4-5,8,15-17,26,35-38H2,1H3,(H,57,61)/t51-,55?/m0/s1. The minimum atomic E-state index is -1.21. The van der Waals surface area contributed by atoms with E-state index >= 15 is 0 Å². The van der Waals surface area contributed by atoms with Crippen LogP contribution in [0.5, 0.6) is 0 Å². The summed E-state index contributed by atoms with van der Waals surface area (Å²) in [5.74, 6) is -0.426.